The van der Waals surface area contributed by atoms with Gasteiger partial charge < -0.3 is 57.7 Å². The third kappa shape index (κ3) is 13.5. The highest BCUT2D eigenvalue weighted by Crippen LogP contribution is 2.62. The van der Waals surface area contributed by atoms with Crippen LogP contribution in [0.1, 0.15) is 73.1 Å². The Morgan fingerprint density at radius 1 is 0.840 bits per heavy atom. The van der Waals surface area contributed by atoms with Gasteiger partial charge in [-0.15, -0.1) is 6.58 Å². The van der Waals surface area contributed by atoms with E-state index in [1.165, 1.54) is 26.4 Å². The summed E-state index contributed by atoms with van der Waals surface area (Å²) in [6.45, 7) is 4.28. The van der Waals surface area contributed by atoms with Crippen LogP contribution in [0.15, 0.2) is 139 Å². The topological polar surface area (TPSA) is 238 Å². The standard InChI is InChI=1S/C61H68N4O16/c1-4-28-78-61-56(64(36-42-18-24-53-55(31-42)77-39-76-53)60(69)75-30-29-74-37-40-12-6-5-7-13-40)35-51(63-79-38-41-16-19-44(20-17-41)65(70)71)48-32-43(14-8-10-26-66)47(15-9-11-27-67)57(58(48)61)49-33-46(22-25-52(49)81-61)80-59(68)62-50-23-21-45(72-2)34-54(50)73-3/h4-7,12-13,16-25,31-34,43,47,56-58,66-67H,1,8-11,14-15,26-30,35-39H2,2-3H3,(H,62,68)/t43-,47+,56-,57+,58+,61+/m0/s1. The predicted octanol–water partition coefficient (Wildman–Crippen LogP) is 10.6. The van der Waals surface area contributed by atoms with Crippen molar-refractivity contribution in [3.63, 3.8) is 0 Å². The number of carbonyl (C=O) groups excluding carboxylic acids is 2. The van der Waals surface area contributed by atoms with Gasteiger partial charge in [-0.25, -0.2) is 9.59 Å². The SMILES string of the molecule is C=CCO[C@@]12Oc3ccc(OC(=O)Nc4ccc(OC)cc4OC)cc3[C@H]3[C@H](CCCCO)[C@@H](CCCCO)C=C(C(=NOCc4ccc([N+](=O)[O-])cc4)C[C@@H]1N(Cc1ccc4c(c1)OCO4)C(=O)OCCOCc1ccccc1)[C@H]32. The second-order valence-electron chi connectivity index (χ2n) is 20.0. The van der Waals surface area contributed by atoms with Crippen molar-refractivity contribution in [3.8, 4) is 34.5 Å². The number of allylic oxidation sites excluding steroid dienone is 1. The predicted molar refractivity (Wildman–Crippen MR) is 298 cm³/mol. The number of nitrogens with one attached hydrogen (secondary N) is 1. The number of aliphatic hydroxyl groups excluding tert-OH is 2. The third-order valence-electron chi connectivity index (χ3n) is 15.0. The van der Waals surface area contributed by atoms with E-state index in [2.05, 4.69) is 18.0 Å². The first-order valence-corrected chi connectivity index (χ1v) is 27.1. The number of nitrogens with zero attached hydrogens (tertiary/aromatic N) is 3. The Bertz CT molecular complexity index is 3050. The Labute approximate surface area is 469 Å². The minimum atomic E-state index is -1.70. The fraction of sp³-hybridized carbons (Fsp3) is 0.393. The first-order chi connectivity index (χ1) is 39.6. The second kappa shape index (κ2) is 27.3. The molecular weight excluding hydrogens is 1040 g/mol. The van der Waals surface area contributed by atoms with E-state index in [0.717, 1.165) is 11.1 Å². The second-order valence-corrected chi connectivity index (χ2v) is 20.0. The third-order valence-corrected chi connectivity index (χ3v) is 15.0. The molecule has 2 amide bonds. The highest BCUT2D eigenvalue weighted by atomic mass is 16.7. The van der Waals surface area contributed by atoms with Gasteiger partial charge in [0.15, 0.2) is 11.5 Å². The first-order valence-electron chi connectivity index (χ1n) is 27.1. The zero-order valence-electron chi connectivity index (χ0n) is 45.4. The normalized spacial score (nSPS) is 20.6. The van der Waals surface area contributed by atoms with Gasteiger partial charge in [0.1, 0.15) is 42.3 Å². The van der Waals surface area contributed by atoms with Gasteiger partial charge in [-0.2, -0.15) is 0 Å². The van der Waals surface area contributed by atoms with Crippen LogP contribution >= 0.6 is 0 Å². The van der Waals surface area contributed by atoms with Gasteiger partial charge in [0.25, 0.3) is 5.69 Å². The molecule has 2 aliphatic carbocycles. The molecule has 0 bridgehead atoms. The van der Waals surface area contributed by atoms with Crippen LogP contribution in [0.4, 0.5) is 21.0 Å². The molecule has 4 aliphatic rings. The molecule has 5 aromatic rings. The van der Waals surface area contributed by atoms with Gasteiger partial charge in [-0.3, -0.25) is 20.3 Å². The summed E-state index contributed by atoms with van der Waals surface area (Å²) < 4.78 is 55.2. The molecule has 20 heteroatoms. The minimum absolute atomic E-state index is 0.00416. The molecule has 0 aromatic heterocycles. The molecule has 81 heavy (non-hydrogen) atoms. The quantitative estimate of drug-likeness (QED) is 0.0192. The fourth-order valence-electron chi connectivity index (χ4n) is 11.3. The number of ether oxygens (including phenoxy) is 9. The van der Waals surface area contributed by atoms with E-state index in [4.69, 9.17) is 52.6 Å². The zero-order chi connectivity index (χ0) is 56.7. The summed E-state index contributed by atoms with van der Waals surface area (Å²) in [5.41, 5.74) is 4.47. The highest BCUT2D eigenvalue weighted by molar-refractivity contribution is 6.03. The smallest absolute Gasteiger partial charge is 0.417 e. The number of unbranched alkanes of at least 4 members (excludes halogenated alkanes) is 2. The average molecular weight is 1110 g/mol. The van der Waals surface area contributed by atoms with Crippen molar-refractivity contribution in [2.45, 2.75) is 82.5 Å². The maximum Gasteiger partial charge on any atom is 0.417 e. The summed E-state index contributed by atoms with van der Waals surface area (Å²) in [5, 5.41) is 39.5. The maximum atomic E-state index is 15.3. The van der Waals surface area contributed by atoms with Crippen LogP contribution in [0.5, 0.6) is 34.5 Å². The molecule has 428 valence electrons. The molecule has 1 fully saturated rings. The molecular formula is C61H68N4O16. The number of non-ortho nitro benzene ring substituents is 1. The molecule has 0 radical (unpaired) electrons. The number of fused-ring (bicyclic) bond motifs is 3. The zero-order valence-corrected chi connectivity index (χ0v) is 45.4. The van der Waals surface area contributed by atoms with E-state index in [0.29, 0.717) is 102 Å². The van der Waals surface area contributed by atoms with Crippen molar-refractivity contribution in [2.24, 2.45) is 22.9 Å². The van der Waals surface area contributed by atoms with Crippen LogP contribution in [-0.4, -0.2) is 104 Å². The van der Waals surface area contributed by atoms with Crippen LogP contribution in [0, 0.1) is 27.9 Å². The molecule has 20 nitrogen and oxygen atoms in total. The number of hydrogen-bond donors (Lipinski definition) is 3. The van der Waals surface area contributed by atoms with Crippen LogP contribution in [-0.2, 0) is 38.8 Å². The molecule has 3 N–H and O–H groups in total. The Kier molecular flexibility index (Phi) is 19.4. The highest BCUT2D eigenvalue weighted by Gasteiger charge is 2.66. The van der Waals surface area contributed by atoms with Gasteiger partial charge in [0, 0.05) is 55.9 Å². The first kappa shape index (κ1) is 57.5. The number of aliphatic hydroxyl groups is 2. The Hall–Kier alpha value is -8.17. The van der Waals surface area contributed by atoms with Gasteiger partial charge in [0.05, 0.1) is 56.3 Å². The van der Waals surface area contributed by atoms with E-state index in [-0.39, 0.29) is 82.7 Å². The summed E-state index contributed by atoms with van der Waals surface area (Å²) in [4.78, 5) is 48.0. The fourth-order valence-corrected chi connectivity index (χ4v) is 11.3. The van der Waals surface area contributed by atoms with Crippen LogP contribution in [0.25, 0.3) is 0 Å². The lowest BCUT2D eigenvalue weighted by Gasteiger charge is -2.59. The number of rotatable bonds is 27. The monoisotopic (exact) mass is 1110 g/mol. The largest absolute Gasteiger partial charge is 0.497 e. The van der Waals surface area contributed by atoms with E-state index < -0.39 is 40.8 Å². The summed E-state index contributed by atoms with van der Waals surface area (Å²) in [5.74, 6) is -0.698. The maximum absolute atomic E-state index is 15.3. The van der Waals surface area contributed by atoms with Gasteiger partial charge in [-0.1, -0.05) is 66.5 Å². The number of anilines is 1. The summed E-state index contributed by atoms with van der Waals surface area (Å²) >= 11 is 0. The van der Waals surface area contributed by atoms with Crippen LogP contribution in [0.3, 0.4) is 0 Å². The van der Waals surface area contributed by atoms with E-state index >= 15 is 4.79 Å². The number of methoxy groups -OCH3 is 2. The summed E-state index contributed by atoms with van der Waals surface area (Å²) in [6, 6.07) is 30.2. The number of nitro groups is 1. The molecule has 2 heterocycles. The number of benzene rings is 5. The van der Waals surface area contributed by atoms with E-state index in [1.807, 2.05) is 42.5 Å². The van der Waals surface area contributed by atoms with E-state index in [1.54, 1.807) is 65.6 Å². The molecule has 9 rings (SSSR count). The molecule has 0 spiro atoms. The number of amides is 2. The van der Waals surface area contributed by atoms with E-state index in [9.17, 15) is 25.1 Å². The van der Waals surface area contributed by atoms with Crippen molar-refractivity contribution >= 4 is 29.3 Å². The number of nitro benzene ring substituents is 1. The summed E-state index contributed by atoms with van der Waals surface area (Å²) in [6.07, 6.45) is 6.09. The lowest BCUT2D eigenvalue weighted by molar-refractivity contribution is -0.384. The molecule has 0 unspecified atom stereocenters. The molecule has 2 aliphatic heterocycles. The Morgan fingerprint density at radius 2 is 1.58 bits per heavy atom. The molecule has 1 saturated carbocycles. The lowest BCUT2D eigenvalue weighted by atomic mass is 9.55. The van der Waals surface area contributed by atoms with Gasteiger partial charge >= 0.3 is 12.2 Å². The van der Waals surface area contributed by atoms with Crippen LogP contribution < -0.4 is 33.7 Å². The molecule has 6 atom stereocenters. The molecule has 0 saturated heterocycles. The van der Waals surface area contributed by atoms with Gasteiger partial charge in [-0.05, 0) is 114 Å². The number of oxime groups is 1. The number of hydrogen-bond acceptors (Lipinski definition) is 17. The Morgan fingerprint density at radius 3 is 2.33 bits per heavy atom. The van der Waals surface area contributed by atoms with Crippen molar-refractivity contribution < 1.29 is 72.2 Å². The Balaban J connectivity index is 1.18. The van der Waals surface area contributed by atoms with Crippen molar-refractivity contribution in [1.29, 1.82) is 0 Å². The van der Waals surface area contributed by atoms with Gasteiger partial charge in [0.2, 0.25) is 12.6 Å². The van der Waals surface area contributed by atoms with Crippen molar-refractivity contribution in [3.05, 3.63) is 166 Å². The van der Waals surface area contributed by atoms with Crippen LogP contribution in [0.2, 0.25) is 0 Å². The van der Waals surface area contributed by atoms with Crippen molar-refractivity contribution in [1.82, 2.24) is 4.90 Å². The number of carbonyl (C=O) groups is 2. The molecule has 5 aromatic carbocycles. The minimum Gasteiger partial charge on any atom is -0.497 e. The summed E-state index contributed by atoms with van der Waals surface area (Å²) in [7, 11) is 3.01. The lowest BCUT2D eigenvalue weighted by Crippen LogP contribution is -2.70. The van der Waals surface area contributed by atoms with Crippen molar-refractivity contribution in [2.75, 3.05) is 59.4 Å². The average Bonchev–Trinajstić information content (AvgIpc) is 3.66.